The first-order valence-corrected chi connectivity index (χ1v) is 7.42. The molecule has 0 aliphatic carbocycles. The van der Waals surface area contributed by atoms with Gasteiger partial charge in [-0.15, -0.1) is 0 Å². The van der Waals surface area contributed by atoms with Crippen molar-refractivity contribution in [2.75, 3.05) is 5.32 Å². The van der Waals surface area contributed by atoms with Crippen LogP contribution >= 0.6 is 0 Å². The number of aromatic nitrogens is 1. The molecule has 0 saturated carbocycles. The predicted octanol–water partition coefficient (Wildman–Crippen LogP) is 3.69. The van der Waals surface area contributed by atoms with Crippen LogP contribution in [0.2, 0.25) is 0 Å². The summed E-state index contributed by atoms with van der Waals surface area (Å²) in [6, 6.07) is 20.0. The smallest absolute Gasteiger partial charge is 0.235 e. The number of carbonyl (C=O) groups is 1. The molecular weight excluding hydrogens is 272 g/mol. The van der Waals surface area contributed by atoms with E-state index < -0.39 is 5.41 Å². The van der Waals surface area contributed by atoms with Crippen molar-refractivity contribution < 1.29 is 4.79 Å². The van der Waals surface area contributed by atoms with Crippen LogP contribution in [-0.4, -0.2) is 10.9 Å². The van der Waals surface area contributed by atoms with E-state index in [0.29, 0.717) is 6.42 Å². The van der Waals surface area contributed by atoms with E-state index in [0.717, 1.165) is 27.8 Å². The van der Waals surface area contributed by atoms with Gasteiger partial charge in [0, 0.05) is 23.2 Å². The van der Waals surface area contributed by atoms with Crippen molar-refractivity contribution in [2.45, 2.75) is 18.8 Å². The van der Waals surface area contributed by atoms with E-state index >= 15 is 0 Å². The van der Waals surface area contributed by atoms with Gasteiger partial charge in [0.05, 0.1) is 10.9 Å². The zero-order chi connectivity index (χ0) is 15.2. The molecule has 0 spiro atoms. The second-order valence-corrected chi connectivity index (χ2v) is 6.00. The number of para-hydroxylation sites is 2. The molecule has 1 aliphatic rings. The predicted molar refractivity (Wildman–Crippen MR) is 87.9 cm³/mol. The molecule has 4 rings (SSSR count). The fourth-order valence-corrected chi connectivity index (χ4v) is 3.20. The molecule has 0 fully saturated rings. The molecule has 108 valence electrons. The monoisotopic (exact) mass is 288 g/mol. The molecule has 1 aromatic heterocycles. The number of nitrogens with one attached hydrogen (secondary N) is 1. The maximum atomic E-state index is 12.5. The van der Waals surface area contributed by atoms with Gasteiger partial charge in [0.2, 0.25) is 5.91 Å². The Bertz CT molecular complexity index is 887. The molecule has 0 bridgehead atoms. The lowest BCUT2D eigenvalue weighted by molar-refractivity contribution is -0.120. The van der Waals surface area contributed by atoms with Crippen LogP contribution in [0.4, 0.5) is 5.69 Å². The number of hydrogen-bond donors (Lipinski definition) is 1. The number of carbonyl (C=O) groups excluding carboxylic acids is 1. The Morgan fingerprint density at radius 3 is 2.68 bits per heavy atom. The van der Waals surface area contributed by atoms with Crippen molar-refractivity contribution >= 4 is 22.5 Å². The first-order valence-electron chi connectivity index (χ1n) is 7.42. The maximum Gasteiger partial charge on any atom is 0.235 e. The Morgan fingerprint density at radius 1 is 1.00 bits per heavy atom. The van der Waals surface area contributed by atoms with Crippen molar-refractivity contribution in [3.63, 3.8) is 0 Å². The summed E-state index contributed by atoms with van der Waals surface area (Å²) in [6.45, 7) is 1.99. The number of rotatable bonds is 2. The molecule has 0 radical (unpaired) electrons. The number of hydrogen-bond acceptors (Lipinski definition) is 2. The van der Waals surface area contributed by atoms with E-state index in [9.17, 15) is 4.79 Å². The first kappa shape index (κ1) is 13.0. The van der Waals surface area contributed by atoms with Crippen molar-refractivity contribution in [2.24, 2.45) is 0 Å². The van der Waals surface area contributed by atoms with Gasteiger partial charge in [0.25, 0.3) is 0 Å². The highest BCUT2D eigenvalue weighted by molar-refractivity contribution is 6.06. The van der Waals surface area contributed by atoms with E-state index in [1.807, 2.05) is 61.5 Å². The molecule has 2 aromatic carbocycles. The highest BCUT2D eigenvalue weighted by Gasteiger charge is 2.42. The minimum Gasteiger partial charge on any atom is -0.325 e. The Kier molecular flexibility index (Phi) is 2.76. The molecule has 2 heterocycles. The van der Waals surface area contributed by atoms with Gasteiger partial charge in [-0.1, -0.05) is 42.5 Å². The molecule has 3 aromatic rings. The third-order valence-corrected chi connectivity index (χ3v) is 4.46. The van der Waals surface area contributed by atoms with Crippen LogP contribution in [0.3, 0.4) is 0 Å². The largest absolute Gasteiger partial charge is 0.325 e. The first-order chi connectivity index (χ1) is 10.7. The third-order valence-electron chi connectivity index (χ3n) is 4.46. The molecular formula is C19H16N2O. The molecule has 1 aliphatic heterocycles. The standard InChI is InChI=1S/C19H16N2O/c1-19(15-7-3-5-9-17(15)21-18(19)22)12-14-11-10-13-6-2-4-8-16(13)20-14/h2-11H,12H2,1H3,(H,21,22). The zero-order valence-electron chi connectivity index (χ0n) is 12.3. The highest BCUT2D eigenvalue weighted by atomic mass is 16.2. The zero-order valence-corrected chi connectivity index (χ0v) is 12.3. The van der Waals surface area contributed by atoms with Crippen LogP contribution in [0.15, 0.2) is 60.7 Å². The fourth-order valence-electron chi connectivity index (χ4n) is 3.20. The summed E-state index contributed by atoms with van der Waals surface area (Å²) in [6.07, 6.45) is 0.598. The van der Waals surface area contributed by atoms with Crippen LogP contribution in [0, 0.1) is 0 Å². The summed E-state index contributed by atoms with van der Waals surface area (Å²) >= 11 is 0. The Labute approximate surface area is 129 Å². The van der Waals surface area contributed by atoms with Crippen LogP contribution in [-0.2, 0) is 16.6 Å². The van der Waals surface area contributed by atoms with E-state index in [2.05, 4.69) is 11.4 Å². The second-order valence-electron chi connectivity index (χ2n) is 6.00. The molecule has 22 heavy (non-hydrogen) atoms. The number of nitrogens with zero attached hydrogens (tertiary/aromatic N) is 1. The van der Waals surface area contributed by atoms with Crippen LogP contribution in [0.5, 0.6) is 0 Å². The maximum absolute atomic E-state index is 12.5. The lowest BCUT2D eigenvalue weighted by Crippen LogP contribution is -2.33. The quantitative estimate of drug-likeness (QED) is 0.781. The second kappa shape index (κ2) is 4.67. The minimum absolute atomic E-state index is 0.0451. The summed E-state index contributed by atoms with van der Waals surface area (Å²) in [5.41, 5.74) is 3.31. The fraction of sp³-hybridized carbons (Fsp3) is 0.158. The lowest BCUT2D eigenvalue weighted by atomic mass is 9.79. The van der Waals surface area contributed by atoms with Gasteiger partial charge in [0.15, 0.2) is 0 Å². The van der Waals surface area contributed by atoms with Gasteiger partial charge < -0.3 is 5.32 Å². The summed E-state index contributed by atoms with van der Waals surface area (Å²) in [5, 5.41) is 4.10. The van der Waals surface area contributed by atoms with Crippen molar-refractivity contribution in [1.82, 2.24) is 4.98 Å². The third kappa shape index (κ3) is 1.90. The molecule has 0 saturated heterocycles. The summed E-state index contributed by atoms with van der Waals surface area (Å²) in [4.78, 5) is 17.2. The number of pyridine rings is 1. The molecule has 3 nitrogen and oxygen atoms in total. The average molecular weight is 288 g/mol. The van der Waals surface area contributed by atoms with Gasteiger partial charge in [-0.05, 0) is 30.7 Å². The number of anilines is 1. The Hall–Kier alpha value is -2.68. The molecule has 1 unspecified atom stereocenters. The van der Waals surface area contributed by atoms with Crippen LogP contribution < -0.4 is 5.32 Å². The highest BCUT2D eigenvalue weighted by Crippen LogP contribution is 2.39. The van der Waals surface area contributed by atoms with Crippen LogP contribution in [0.1, 0.15) is 18.2 Å². The normalized spacial score (nSPS) is 20.0. The van der Waals surface area contributed by atoms with Crippen LogP contribution in [0.25, 0.3) is 10.9 Å². The van der Waals surface area contributed by atoms with Gasteiger partial charge in [0.1, 0.15) is 0 Å². The summed E-state index contributed by atoms with van der Waals surface area (Å²) in [7, 11) is 0. The number of amides is 1. The average Bonchev–Trinajstić information content (AvgIpc) is 2.79. The van der Waals surface area contributed by atoms with Gasteiger partial charge in [-0.25, -0.2) is 0 Å². The topological polar surface area (TPSA) is 42.0 Å². The van der Waals surface area contributed by atoms with E-state index in [-0.39, 0.29) is 5.91 Å². The molecule has 1 N–H and O–H groups in total. The molecule has 3 heteroatoms. The van der Waals surface area contributed by atoms with Gasteiger partial charge >= 0.3 is 0 Å². The minimum atomic E-state index is -0.563. The molecule has 1 atom stereocenters. The lowest BCUT2D eigenvalue weighted by Gasteiger charge is -2.21. The molecule has 1 amide bonds. The number of benzene rings is 2. The summed E-state index contributed by atoms with van der Waals surface area (Å²) < 4.78 is 0. The van der Waals surface area contributed by atoms with E-state index in [1.165, 1.54) is 0 Å². The summed E-state index contributed by atoms with van der Waals surface area (Å²) in [5.74, 6) is 0.0451. The Morgan fingerprint density at radius 2 is 1.77 bits per heavy atom. The SMILES string of the molecule is CC1(Cc2ccc3ccccc3n2)C(=O)Nc2ccccc21. The van der Waals surface area contributed by atoms with Crippen molar-refractivity contribution in [3.05, 3.63) is 71.9 Å². The van der Waals surface area contributed by atoms with Crippen molar-refractivity contribution in [1.29, 1.82) is 0 Å². The van der Waals surface area contributed by atoms with Crippen molar-refractivity contribution in [3.8, 4) is 0 Å². The Balaban J connectivity index is 1.76. The van der Waals surface area contributed by atoms with E-state index in [1.54, 1.807) is 0 Å². The number of fused-ring (bicyclic) bond motifs is 2. The van der Waals surface area contributed by atoms with E-state index in [4.69, 9.17) is 4.98 Å². The van der Waals surface area contributed by atoms with Gasteiger partial charge in [-0.2, -0.15) is 0 Å². The van der Waals surface area contributed by atoms with Gasteiger partial charge in [-0.3, -0.25) is 9.78 Å².